The molecular weight excluding hydrogens is 344 g/mol. The molecule has 0 aromatic carbocycles. The Morgan fingerprint density at radius 1 is 1.19 bits per heavy atom. The second kappa shape index (κ2) is 6.68. The largest absolute Gasteiger partial charge is 0.462 e. The third-order valence-electron chi connectivity index (χ3n) is 8.42. The van der Waals surface area contributed by atoms with Crippen LogP contribution in [0.4, 0.5) is 0 Å². The van der Waals surface area contributed by atoms with E-state index in [1.165, 1.54) is 19.3 Å². The molecule has 0 aromatic heterocycles. The maximum Gasteiger partial charge on any atom is 0.310 e. The third-order valence-corrected chi connectivity index (χ3v) is 8.42. The van der Waals surface area contributed by atoms with Gasteiger partial charge in [-0.1, -0.05) is 6.92 Å². The fraction of sp³-hybridized carbons (Fsp3) is 0.952. The zero-order valence-electron chi connectivity index (χ0n) is 16.6. The van der Waals surface area contributed by atoms with Crippen LogP contribution in [-0.4, -0.2) is 85.1 Å². The predicted octanol–water partition coefficient (Wildman–Crippen LogP) is 1.12. The Bertz CT molecular complexity index is 587. The van der Waals surface area contributed by atoms with E-state index < -0.39 is 0 Å². The summed E-state index contributed by atoms with van der Waals surface area (Å²) in [5.41, 5.74) is 0.408. The smallest absolute Gasteiger partial charge is 0.310 e. The lowest BCUT2D eigenvalue weighted by Gasteiger charge is -2.51. The van der Waals surface area contributed by atoms with Crippen molar-refractivity contribution in [3.63, 3.8) is 0 Å². The van der Waals surface area contributed by atoms with E-state index in [1.807, 2.05) is 0 Å². The fourth-order valence-corrected chi connectivity index (χ4v) is 6.78. The lowest BCUT2D eigenvalue weighted by atomic mass is 9.53. The summed E-state index contributed by atoms with van der Waals surface area (Å²) >= 11 is 0. The summed E-state index contributed by atoms with van der Waals surface area (Å²) in [6.45, 7) is 9.08. The Balaban J connectivity index is 1.26. The monoisotopic (exact) mass is 378 g/mol. The van der Waals surface area contributed by atoms with Gasteiger partial charge >= 0.3 is 5.97 Å². The minimum absolute atomic E-state index is 0.0293. The summed E-state index contributed by atoms with van der Waals surface area (Å²) in [6.07, 6.45) is 5.95. The van der Waals surface area contributed by atoms with E-state index in [4.69, 9.17) is 14.6 Å². The first kappa shape index (κ1) is 18.3. The molecule has 3 heterocycles. The van der Waals surface area contributed by atoms with Gasteiger partial charge in [-0.2, -0.15) is 0 Å². The van der Waals surface area contributed by atoms with Crippen LogP contribution in [0.5, 0.6) is 0 Å². The van der Waals surface area contributed by atoms with Gasteiger partial charge in [-0.15, -0.1) is 0 Å². The summed E-state index contributed by atoms with van der Waals surface area (Å²) in [5, 5.41) is 9.11. The van der Waals surface area contributed by atoms with E-state index in [0.29, 0.717) is 11.8 Å². The number of β-amino-alcohol motifs (C(OH)–C–C–N with tert-alkyl or cyclic N) is 1. The second-order valence-corrected chi connectivity index (χ2v) is 9.96. The lowest BCUT2D eigenvalue weighted by molar-refractivity contribution is -0.147. The summed E-state index contributed by atoms with van der Waals surface area (Å²) in [6, 6.07) is 0. The third kappa shape index (κ3) is 3.13. The Morgan fingerprint density at radius 2 is 1.93 bits per heavy atom. The Hall–Kier alpha value is -0.690. The van der Waals surface area contributed by atoms with Crippen molar-refractivity contribution in [2.75, 3.05) is 52.5 Å². The molecule has 0 bridgehead atoms. The molecule has 1 spiro atoms. The number of carbonyl (C=O) groups is 1. The van der Waals surface area contributed by atoms with Crippen LogP contribution in [0.1, 0.15) is 39.0 Å². The molecule has 6 atom stereocenters. The molecule has 0 amide bonds. The Labute approximate surface area is 162 Å². The molecule has 152 valence electrons. The molecule has 27 heavy (non-hydrogen) atoms. The molecule has 2 aliphatic carbocycles. The highest BCUT2D eigenvalue weighted by atomic mass is 16.6. The maximum absolute atomic E-state index is 12.7. The van der Waals surface area contributed by atoms with Crippen LogP contribution in [0.2, 0.25) is 0 Å². The summed E-state index contributed by atoms with van der Waals surface area (Å²) in [7, 11) is 0. The normalized spacial score (nSPS) is 47.6. The van der Waals surface area contributed by atoms with Crippen molar-refractivity contribution in [2.24, 2.45) is 23.2 Å². The van der Waals surface area contributed by atoms with Crippen molar-refractivity contribution in [2.45, 2.75) is 50.7 Å². The quantitative estimate of drug-likeness (QED) is 0.584. The highest BCUT2D eigenvalue weighted by Crippen LogP contribution is 2.62. The SMILES string of the molecule is C[C@]12CCC[C@]3(CO3)C1C[C@@H]1C(CN3CCN(CCO)CC3)C(=O)O[C@@H]1C2. The van der Waals surface area contributed by atoms with Crippen LogP contribution in [0.15, 0.2) is 0 Å². The molecule has 1 N–H and O–H groups in total. The molecule has 3 aliphatic heterocycles. The van der Waals surface area contributed by atoms with Crippen LogP contribution >= 0.6 is 0 Å². The molecule has 2 saturated carbocycles. The Kier molecular flexibility index (Phi) is 4.54. The zero-order chi connectivity index (χ0) is 18.6. The van der Waals surface area contributed by atoms with Crippen LogP contribution in [0.25, 0.3) is 0 Å². The van der Waals surface area contributed by atoms with E-state index in [1.54, 1.807) is 0 Å². The van der Waals surface area contributed by atoms with E-state index in [2.05, 4.69) is 16.7 Å². The summed E-state index contributed by atoms with van der Waals surface area (Å²) in [4.78, 5) is 17.5. The first-order chi connectivity index (χ1) is 13.0. The number of hydrogen-bond donors (Lipinski definition) is 1. The van der Waals surface area contributed by atoms with Gasteiger partial charge in [-0.25, -0.2) is 0 Å². The minimum Gasteiger partial charge on any atom is -0.462 e. The molecule has 2 unspecified atom stereocenters. The minimum atomic E-state index is 0.0293. The number of rotatable bonds is 4. The number of aliphatic hydroxyl groups is 1. The van der Waals surface area contributed by atoms with E-state index in [0.717, 1.165) is 58.7 Å². The van der Waals surface area contributed by atoms with Crippen molar-refractivity contribution in [3.8, 4) is 0 Å². The van der Waals surface area contributed by atoms with E-state index in [-0.39, 0.29) is 35.6 Å². The van der Waals surface area contributed by atoms with Gasteiger partial charge in [0, 0.05) is 45.2 Å². The highest BCUT2D eigenvalue weighted by Gasteiger charge is 2.65. The topological polar surface area (TPSA) is 65.5 Å². The van der Waals surface area contributed by atoms with Crippen LogP contribution in [-0.2, 0) is 14.3 Å². The molecule has 5 fully saturated rings. The molecule has 0 radical (unpaired) electrons. The number of aliphatic hydroxyl groups excluding tert-OH is 1. The molecule has 6 heteroatoms. The average Bonchev–Trinajstić information content (AvgIpc) is 3.34. The number of hydrogen-bond acceptors (Lipinski definition) is 6. The van der Waals surface area contributed by atoms with Crippen molar-refractivity contribution < 1.29 is 19.4 Å². The van der Waals surface area contributed by atoms with Gasteiger partial charge in [0.2, 0.25) is 0 Å². The van der Waals surface area contributed by atoms with Crippen LogP contribution < -0.4 is 0 Å². The average molecular weight is 379 g/mol. The van der Waals surface area contributed by atoms with E-state index >= 15 is 0 Å². The van der Waals surface area contributed by atoms with Gasteiger partial charge in [-0.3, -0.25) is 14.6 Å². The van der Waals surface area contributed by atoms with Crippen LogP contribution in [0.3, 0.4) is 0 Å². The van der Waals surface area contributed by atoms with Gasteiger partial charge in [0.25, 0.3) is 0 Å². The maximum atomic E-state index is 12.7. The first-order valence-corrected chi connectivity index (χ1v) is 10.9. The number of epoxide rings is 1. The molecule has 5 rings (SSSR count). The van der Waals surface area contributed by atoms with Crippen LogP contribution in [0, 0.1) is 23.2 Å². The van der Waals surface area contributed by atoms with Crippen molar-refractivity contribution in [1.82, 2.24) is 9.80 Å². The van der Waals surface area contributed by atoms with Crippen molar-refractivity contribution >= 4 is 5.97 Å². The highest BCUT2D eigenvalue weighted by molar-refractivity contribution is 5.75. The van der Waals surface area contributed by atoms with Gasteiger partial charge in [0.05, 0.1) is 24.7 Å². The molecule has 5 aliphatic rings. The summed E-state index contributed by atoms with van der Waals surface area (Å²) < 4.78 is 11.9. The van der Waals surface area contributed by atoms with Gasteiger partial charge in [0.15, 0.2) is 0 Å². The lowest BCUT2D eigenvalue weighted by Crippen LogP contribution is -2.52. The molecule has 6 nitrogen and oxygen atoms in total. The number of piperazine rings is 1. The van der Waals surface area contributed by atoms with E-state index in [9.17, 15) is 4.79 Å². The predicted molar refractivity (Wildman–Crippen MR) is 100 cm³/mol. The number of nitrogens with zero attached hydrogens (tertiary/aromatic N) is 2. The second-order valence-electron chi connectivity index (χ2n) is 9.96. The Morgan fingerprint density at radius 3 is 2.63 bits per heavy atom. The fourth-order valence-electron chi connectivity index (χ4n) is 6.78. The zero-order valence-corrected chi connectivity index (χ0v) is 16.6. The van der Waals surface area contributed by atoms with Gasteiger partial charge in [-0.05, 0) is 43.4 Å². The molecule has 0 aromatic rings. The summed E-state index contributed by atoms with van der Waals surface area (Å²) in [5.74, 6) is 1.03. The van der Waals surface area contributed by atoms with Crippen molar-refractivity contribution in [3.05, 3.63) is 0 Å². The first-order valence-electron chi connectivity index (χ1n) is 10.9. The molecular formula is C21H34N2O4. The number of fused-ring (bicyclic) bond motifs is 3. The molecule has 3 saturated heterocycles. The van der Waals surface area contributed by atoms with Gasteiger partial charge in [0.1, 0.15) is 6.10 Å². The number of esters is 1. The standard InChI is InChI=1S/C21H34N2O4/c1-20-3-2-4-21(14-26-21)18(20)11-15-16(19(25)27-17(15)12-20)13-23-7-5-22(6-8-23)9-10-24/h15-18,24H,2-14H2,1H3/t15-,16?,17-,18?,20-,21+/m1/s1. The number of carbonyl (C=O) groups excluding carboxylic acids is 1. The van der Waals surface area contributed by atoms with Gasteiger partial charge < -0.3 is 14.6 Å². The number of ether oxygens (including phenoxy) is 2. The van der Waals surface area contributed by atoms with Crippen molar-refractivity contribution in [1.29, 1.82) is 0 Å².